The zero-order valence-electron chi connectivity index (χ0n) is 22.7. The van der Waals surface area contributed by atoms with Crippen LogP contribution in [0.25, 0.3) is 10.9 Å². The number of para-hydroxylation sites is 1. The third-order valence-corrected chi connectivity index (χ3v) is 8.22. The summed E-state index contributed by atoms with van der Waals surface area (Å²) < 4.78 is 13.5. The molecule has 2 aromatic heterocycles. The number of fused-ring (bicyclic) bond motifs is 1. The number of nitrogens with one attached hydrogen (secondary N) is 1. The molecule has 1 N–H and O–H groups in total. The maximum atomic E-state index is 13.8. The van der Waals surface area contributed by atoms with Crippen LogP contribution in [-0.2, 0) is 11.3 Å². The van der Waals surface area contributed by atoms with Gasteiger partial charge in [-0.05, 0) is 77.7 Å². The van der Waals surface area contributed by atoms with Crippen molar-refractivity contribution in [1.29, 1.82) is 0 Å². The minimum Gasteiger partial charge on any atom is -0.497 e. The molecule has 0 unspecified atom stereocenters. The first-order valence-electron chi connectivity index (χ1n) is 14.0. The molecule has 2 aliphatic rings. The smallest absolute Gasteiger partial charge is 0.253 e. The van der Waals surface area contributed by atoms with Crippen molar-refractivity contribution in [1.82, 2.24) is 30.1 Å². The lowest BCUT2D eigenvalue weighted by Crippen LogP contribution is -2.39. The Morgan fingerprint density at radius 3 is 2.69 bits per heavy atom. The summed E-state index contributed by atoms with van der Waals surface area (Å²) in [5, 5.41) is 14.2. The second-order valence-electron chi connectivity index (χ2n) is 10.8. The number of ether oxygens (including phenoxy) is 2. The second kappa shape index (κ2) is 11.3. The molecule has 0 radical (unpaired) electrons. The summed E-state index contributed by atoms with van der Waals surface area (Å²) in [4.78, 5) is 19.3. The molecule has 6 rings (SSSR count). The Bertz CT molecular complexity index is 1470. The van der Waals surface area contributed by atoms with E-state index >= 15 is 0 Å². The fourth-order valence-corrected chi connectivity index (χ4v) is 6.17. The summed E-state index contributed by atoms with van der Waals surface area (Å²) in [6.07, 6.45) is 6.54. The number of methoxy groups -OCH3 is 1. The van der Waals surface area contributed by atoms with Gasteiger partial charge in [0, 0.05) is 25.3 Å². The Hall–Kier alpha value is -3.56. The predicted molar refractivity (Wildman–Crippen MR) is 149 cm³/mol. The normalized spacial score (nSPS) is 18.8. The molecule has 9 nitrogen and oxygen atoms in total. The van der Waals surface area contributed by atoms with E-state index in [9.17, 15) is 4.79 Å². The summed E-state index contributed by atoms with van der Waals surface area (Å²) in [5.74, 6) is 1.53. The Morgan fingerprint density at radius 2 is 1.95 bits per heavy atom. The van der Waals surface area contributed by atoms with E-state index in [4.69, 9.17) is 9.47 Å². The van der Waals surface area contributed by atoms with Gasteiger partial charge in [-0.15, -0.1) is 5.10 Å². The molecule has 1 saturated carbocycles. The first-order chi connectivity index (χ1) is 19.1. The van der Waals surface area contributed by atoms with Gasteiger partial charge in [-0.1, -0.05) is 43.2 Å². The number of aromatic nitrogens is 5. The van der Waals surface area contributed by atoms with E-state index in [0.717, 1.165) is 72.9 Å². The molecule has 3 heterocycles. The number of hydrogen-bond acceptors (Lipinski definition) is 7. The number of pyridine rings is 1. The zero-order chi connectivity index (χ0) is 26.8. The molecule has 39 heavy (non-hydrogen) atoms. The van der Waals surface area contributed by atoms with E-state index in [1.165, 1.54) is 0 Å². The maximum absolute atomic E-state index is 13.8. The molecular formula is C30H36N6O3. The Labute approximate surface area is 228 Å². The standard InChI is InChI=1S/C30H36N6O3/c1-20-7-5-8-22-17-26(30(37)31-27(20)22)28(29-32-33-34-36(29)23-9-3-4-10-23)35(19-25-11-6-16-39-25)18-21-12-14-24(38-2)15-13-21/h5,7-8,12-15,17,23,25,28H,3-4,6,9-11,16,18-19H2,1-2H3,(H,31,37)/t25-,28+/m1/s1. The molecule has 0 bridgehead atoms. The highest BCUT2D eigenvalue weighted by Gasteiger charge is 2.35. The molecule has 0 spiro atoms. The highest BCUT2D eigenvalue weighted by Crippen LogP contribution is 2.35. The number of hydrogen-bond donors (Lipinski definition) is 1. The van der Waals surface area contributed by atoms with Crippen LogP contribution in [0.5, 0.6) is 5.75 Å². The van der Waals surface area contributed by atoms with Gasteiger partial charge >= 0.3 is 0 Å². The molecule has 2 atom stereocenters. The number of aryl methyl sites for hydroxylation is 1. The van der Waals surface area contributed by atoms with Crippen molar-refractivity contribution in [2.45, 2.75) is 70.2 Å². The summed E-state index contributed by atoms with van der Waals surface area (Å²) in [7, 11) is 1.67. The van der Waals surface area contributed by atoms with E-state index in [2.05, 4.69) is 37.5 Å². The minimum absolute atomic E-state index is 0.0864. The van der Waals surface area contributed by atoms with Crippen LogP contribution in [0.2, 0.25) is 0 Å². The lowest BCUT2D eigenvalue weighted by Gasteiger charge is -2.33. The van der Waals surface area contributed by atoms with E-state index < -0.39 is 6.04 Å². The molecule has 0 amide bonds. The van der Waals surface area contributed by atoms with E-state index in [1.807, 2.05) is 48.0 Å². The predicted octanol–water partition coefficient (Wildman–Crippen LogP) is 4.72. The van der Waals surface area contributed by atoms with Crippen LogP contribution in [0, 0.1) is 6.92 Å². The molecule has 1 saturated heterocycles. The molecule has 204 valence electrons. The van der Waals surface area contributed by atoms with Crippen LogP contribution >= 0.6 is 0 Å². The Morgan fingerprint density at radius 1 is 1.13 bits per heavy atom. The van der Waals surface area contributed by atoms with Gasteiger partial charge in [0.15, 0.2) is 5.82 Å². The van der Waals surface area contributed by atoms with Crippen molar-refractivity contribution >= 4 is 10.9 Å². The van der Waals surface area contributed by atoms with Crippen LogP contribution in [-0.4, -0.2) is 56.5 Å². The quantitative estimate of drug-likeness (QED) is 0.336. The molecule has 1 aliphatic carbocycles. The van der Waals surface area contributed by atoms with Gasteiger partial charge in [0.25, 0.3) is 5.56 Å². The van der Waals surface area contributed by atoms with Crippen molar-refractivity contribution < 1.29 is 9.47 Å². The van der Waals surface area contributed by atoms with Crippen LogP contribution in [0.15, 0.2) is 53.3 Å². The molecule has 1 aliphatic heterocycles. The number of nitrogens with zero attached hydrogens (tertiary/aromatic N) is 5. The van der Waals surface area contributed by atoms with Crippen molar-refractivity contribution in [3.63, 3.8) is 0 Å². The number of benzene rings is 2. The lowest BCUT2D eigenvalue weighted by atomic mass is 10.00. The van der Waals surface area contributed by atoms with Crippen LogP contribution < -0.4 is 10.3 Å². The molecular weight excluding hydrogens is 492 g/mol. The van der Waals surface area contributed by atoms with E-state index in [-0.39, 0.29) is 17.7 Å². The highest BCUT2D eigenvalue weighted by molar-refractivity contribution is 5.82. The van der Waals surface area contributed by atoms with Crippen LogP contribution in [0.3, 0.4) is 0 Å². The summed E-state index contributed by atoms with van der Waals surface area (Å²) in [6.45, 7) is 4.06. The fourth-order valence-electron chi connectivity index (χ4n) is 6.17. The number of H-pyrrole nitrogens is 1. The van der Waals surface area contributed by atoms with Gasteiger partial charge < -0.3 is 14.5 Å². The van der Waals surface area contributed by atoms with Gasteiger partial charge in [0.05, 0.1) is 24.8 Å². The second-order valence-corrected chi connectivity index (χ2v) is 10.8. The number of rotatable bonds is 9. The molecule has 4 aromatic rings. The topological polar surface area (TPSA) is 98.2 Å². The fraction of sp³-hybridized carbons (Fsp3) is 0.467. The van der Waals surface area contributed by atoms with Crippen LogP contribution in [0.1, 0.15) is 73.1 Å². The number of tetrazole rings is 1. The lowest BCUT2D eigenvalue weighted by molar-refractivity contribution is 0.0569. The maximum Gasteiger partial charge on any atom is 0.253 e. The van der Waals surface area contributed by atoms with Crippen molar-refractivity contribution in [2.24, 2.45) is 0 Å². The van der Waals surface area contributed by atoms with Gasteiger partial charge in [0.1, 0.15) is 11.8 Å². The van der Waals surface area contributed by atoms with Crippen LogP contribution in [0.4, 0.5) is 0 Å². The van der Waals surface area contributed by atoms with Gasteiger partial charge in [0.2, 0.25) is 0 Å². The monoisotopic (exact) mass is 528 g/mol. The van der Waals surface area contributed by atoms with Gasteiger partial charge in [-0.25, -0.2) is 4.68 Å². The summed E-state index contributed by atoms with van der Waals surface area (Å²) in [6, 6.07) is 16.0. The molecule has 2 fully saturated rings. The molecule has 2 aromatic carbocycles. The largest absolute Gasteiger partial charge is 0.497 e. The third-order valence-electron chi connectivity index (χ3n) is 8.22. The van der Waals surface area contributed by atoms with Crippen molar-refractivity contribution in [3.8, 4) is 5.75 Å². The third kappa shape index (κ3) is 5.33. The summed E-state index contributed by atoms with van der Waals surface area (Å²) in [5.41, 5.74) is 3.55. The average Bonchev–Trinajstić information content (AvgIpc) is 3.74. The highest BCUT2D eigenvalue weighted by atomic mass is 16.5. The first kappa shape index (κ1) is 25.7. The average molecular weight is 529 g/mol. The Kier molecular flexibility index (Phi) is 7.43. The van der Waals surface area contributed by atoms with Gasteiger partial charge in [-0.2, -0.15) is 0 Å². The Balaban J connectivity index is 1.49. The number of aromatic amines is 1. The zero-order valence-corrected chi connectivity index (χ0v) is 22.7. The van der Waals surface area contributed by atoms with E-state index in [0.29, 0.717) is 24.5 Å². The first-order valence-corrected chi connectivity index (χ1v) is 14.0. The molecule has 9 heteroatoms. The van der Waals surface area contributed by atoms with Crippen molar-refractivity contribution in [2.75, 3.05) is 20.3 Å². The van der Waals surface area contributed by atoms with Crippen molar-refractivity contribution in [3.05, 3.63) is 81.4 Å². The summed E-state index contributed by atoms with van der Waals surface area (Å²) >= 11 is 0. The van der Waals surface area contributed by atoms with E-state index in [1.54, 1.807) is 7.11 Å². The minimum atomic E-state index is -0.444. The SMILES string of the molecule is COc1ccc(CN(C[C@H]2CCCO2)[C@@H](c2cc3cccc(C)c3[nH]c2=O)c2nnnn2C2CCCC2)cc1. The van der Waals surface area contributed by atoms with Gasteiger partial charge in [-0.3, -0.25) is 9.69 Å².